The molecule has 2 heterocycles. The smallest absolute Gasteiger partial charge is 0.165 e. The Bertz CT molecular complexity index is 793. The van der Waals surface area contributed by atoms with Crippen molar-refractivity contribution in [3.63, 3.8) is 0 Å². The van der Waals surface area contributed by atoms with Crippen LogP contribution in [0.5, 0.6) is 11.5 Å². The minimum atomic E-state index is -0.962. The number of aliphatic hydroxyl groups is 3. The van der Waals surface area contributed by atoms with Gasteiger partial charge in [0.2, 0.25) is 0 Å². The van der Waals surface area contributed by atoms with Gasteiger partial charge in [0.15, 0.2) is 11.5 Å². The highest BCUT2D eigenvalue weighted by molar-refractivity contribution is 5.61. The summed E-state index contributed by atoms with van der Waals surface area (Å²) in [6.07, 6.45) is 1.22. The van der Waals surface area contributed by atoms with E-state index >= 15 is 0 Å². The van der Waals surface area contributed by atoms with E-state index < -0.39 is 17.6 Å². The molecule has 1 aromatic carbocycles. The molecular formula is C22H31NO5. The lowest BCUT2D eigenvalue weighted by Crippen LogP contribution is -2.75. The number of piperidine rings is 1. The first-order valence-corrected chi connectivity index (χ1v) is 10.5. The quantitative estimate of drug-likeness (QED) is 0.711. The van der Waals surface area contributed by atoms with E-state index in [-0.39, 0.29) is 30.5 Å². The molecule has 0 aromatic heterocycles. The van der Waals surface area contributed by atoms with Gasteiger partial charge >= 0.3 is 0 Å². The largest absolute Gasteiger partial charge is 0.493 e. The number of hydrogen-bond donors (Lipinski definition) is 3. The molecule has 2 aliphatic carbocycles. The minimum Gasteiger partial charge on any atom is -0.493 e. The van der Waals surface area contributed by atoms with E-state index in [4.69, 9.17) is 9.47 Å². The van der Waals surface area contributed by atoms with Gasteiger partial charge < -0.3 is 29.7 Å². The number of rotatable bonds is 4. The molecule has 1 saturated carbocycles. The first kappa shape index (κ1) is 18.7. The molecule has 2 aliphatic heterocycles. The van der Waals surface area contributed by atoms with Gasteiger partial charge in [0.1, 0.15) is 12.2 Å². The Hall–Kier alpha value is -1.34. The van der Waals surface area contributed by atoms with Crippen molar-refractivity contribution in [3.8, 4) is 11.5 Å². The first-order chi connectivity index (χ1) is 13.5. The Morgan fingerprint density at radius 2 is 2.04 bits per heavy atom. The fourth-order valence-electron chi connectivity index (χ4n) is 7.36. The van der Waals surface area contributed by atoms with Crippen LogP contribution in [-0.4, -0.2) is 72.4 Å². The molecule has 0 radical (unpaired) electrons. The van der Waals surface area contributed by atoms with Gasteiger partial charge in [-0.1, -0.05) is 19.4 Å². The second-order valence-electron chi connectivity index (χ2n) is 9.25. The number of hydrogen-bond acceptors (Lipinski definition) is 6. The SMILES string of the molecule is CC[C@@H]1C2[C@H]3Cc4ccc(OC)c5c4[C@@]2(CCN3C)[C@@H](O5)[C@H](O)C1(CO)CO. The predicted molar refractivity (Wildman–Crippen MR) is 104 cm³/mol. The van der Waals surface area contributed by atoms with Gasteiger partial charge in [-0.25, -0.2) is 0 Å². The lowest BCUT2D eigenvalue weighted by Gasteiger charge is -2.65. The number of nitrogens with zero attached hydrogens (tertiary/aromatic N) is 1. The zero-order valence-corrected chi connectivity index (χ0v) is 16.9. The maximum atomic E-state index is 11.5. The van der Waals surface area contributed by atoms with Gasteiger partial charge in [-0.3, -0.25) is 0 Å². The lowest BCUT2D eigenvalue weighted by atomic mass is 9.42. The number of likely N-dealkylation sites (N-methyl/N-ethyl adjacent to an activating group) is 1. The Morgan fingerprint density at radius 3 is 2.68 bits per heavy atom. The van der Waals surface area contributed by atoms with Crippen LogP contribution in [0.15, 0.2) is 12.1 Å². The molecule has 1 saturated heterocycles. The summed E-state index contributed by atoms with van der Waals surface area (Å²) in [5.74, 6) is 1.69. The highest BCUT2D eigenvalue weighted by atomic mass is 16.5. The van der Waals surface area contributed by atoms with Crippen LogP contribution in [0, 0.1) is 17.3 Å². The van der Waals surface area contributed by atoms with E-state index in [1.807, 2.05) is 6.07 Å². The molecule has 2 fully saturated rings. The van der Waals surface area contributed by atoms with Gasteiger partial charge in [0.25, 0.3) is 0 Å². The molecule has 3 N–H and O–H groups in total. The summed E-state index contributed by atoms with van der Waals surface area (Å²) in [7, 11) is 3.82. The summed E-state index contributed by atoms with van der Waals surface area (Å²) in [6.45, 7) is 2.58. The predicted octanol–water partition coefficient (Wildman–Crippen LogP) is 0.942. The van der Waals surface area contributed by atoms with Crippen molar-refractivity contribution >= 4 is 0 Å². The average molecular weight is 389 g/mol. The minimum absolute atomic E-state index is 0.00963. The molecule has 0 amide bonds. The fraction of sp³-hybridized carbons (Fsp3) is 0.727. The molecule has 6 nitrogen and oxygen atoms in total. The van der Waals surface area contributed by atoms with Crippen LogP contribution in [0.2, 0.25) is 0 Å². The van der Waals surface area contributed by atoms with E-state index in [1.165, 1.54) is 11.1 Å². The van der Waals surface area contributed by atoms with Crippen LogP contribution in [-0.2, 0) is 11.8 Å². The third-order valence-corrected chi connectivity index (χ3v) is 8.60. The van der Waals surface area contributed by atoms with Crippen molar-refractivity contribution in [2.24, 2.45) is 17.3 Å². The Balaban J connectivity index is 1.81. The molecule has 2 bridgehead atoms. The van der Waals surface area contributed by atoms with Gasteiger partial charge in [-0.2, -0.15) is 0 Å². The Morgan fingerprint density at radius 1 is 1.29 bits per heavy atom. The molecule has 4 aliphatic rings. The molecule has 6 atom stereocenters. The molecule has 28 heavy (non-hydrogen) atoms. The Labute approximate surface area is 166 Å². The van der Waals surface area contributed by atoms with Crippen molar-refractivity contribution < 1.29 is 24.8 Å². The summed E-state index contributed by atoms with van der Waals surface area (Å²) < 4.78 is 12.1. The van der Waals surface area contributed by atoms with Gasteiger partial charge in [0, 0.05) is 22.4 Å². The second-order valence-corrected chi connectivity index (χ2v) is 9.25. The van der Waals surface area contributed by atoms with Crippen molar-refractivity contribution in [2.75, 3.05) is 33.9 Å². The zero-order valence-electron chi connectivity index (χ0n) is 16.9. The summed E-state index contributed by atoms with van der Waals surface area (Å²) in [6, 6.07) is 4.43. The van der Waals surface area contributed by atoms with E-state index in [9.17, 15) is 15.3 Å². The summed E-state index contributed by atoms with van der Waals surface area (Å²) >= 11 is 0. The number of likely N-dealkylation sites (tertiary alicyclic amines) is 1. The molecule has 5 rings (SSSR count). The van der Waals surface area contributed by atoms with Crippen molar-refractivity contribution in [2.45, 2.75) is 49.9 Å². The number of benzene rings is 1. The van der Waals surface area contributed by atoms with Gasteiger partial charge in [0.05, 0.1) is 20.3 Å². The van der Waals surface area contributed by atoms with Crippen LogP contribution >= 0.6 is 0 Å². The fourth-order valence-corrected chi connectivity index (χ4v) is 7.36. The van der Waals surface area contributed by atoms with Gasteiger partial charge in [-0.05, 0) is 49.9 Å². The highest BCUT2D eigenvalue weighted by Gasteiger charge is 2.73. The normalized spacial score (nSPS) is 40.0. The summed E-state index contributed by atoms with van der Waals surface area (Å²) in [5.41, 5.74) is 1.25. The van der Waals surface area contributed by atoms with E-state index in [1.54, 1.807) is 7.11 Å². The third-order valence-electron chi connectivity index (χ3n) is 8.60. The second kappa shape index (κ2) is 6.08. The summed E-state index contributed by atoms with van der Waals surface area (Å²) in [5, 5.41) is 32.3. The molecule has 6 heteroatoms. The van der Waals surface area contributed by atoms with Crippen LogP contribution in [0.1, 0.15) is 30.9 Å². The lowest BCUT2D eigenvalue weighted by molar-refractivity contribution is -0.222. The van der Waals surface area contributed by atoms with Crippen LogP contribution in [0.25, 0.3) is 0 Å². The maximum absolute atomic E-state index is 11.5. The van der Waals surface area contributed by atoms with Crippen molar-refractivity contribution in [1.82, 2.24) is 4.90 Å². The Kier molecular flexibility index (Phi) is 4.05. The van der Waals surface area contributed by atoms with Crippen molar-refractivity contribution in [1.29, 1.82) is 0 Å². The standard InChI is InChI=1S/C22H31NO5/c1-4-13-17-14-9-12-5-6-15(27-3)18-16(12)22(17,7-8-23(14)2)20(28-18)19(26)21(13,10-24)11-25/h5-6,13-14,17,19-20,24-26H,4,7-11H2,1-3H3/t13-,14-,17?,19+,20+,22-/m1/s1. The van der Waals surface area contributed by atoms with Gasteiger partial charge in [-0.15, -0.1) is 0 Å². The van der Waals surface area contributed by atoms with Crippen molar-refractivity contribution in [3.05, 3.63) is 23.3 Å². The van der Waals surface area contributed by atoms with E-state index in [2.05, 4.69) is 24.9 Å². The topological polar surface area (TPSA) is 82.4 Å². The monoisotopic (exact) mass is 389 g/mol. The number of aliphatic hydroxyl groups excluding tert-OH is 3. The van der Waals surface area contributed by atoms with E-state index in [0.29, 0.717) is 11.8 Å². The highest BCUT2D eigenvalue weighted by Crippen LogP contribution is 2.68. The van der Waals surface area contributed by atoms with Crippen LogP contribution in [0.3, 0.4) is 0 Å². The third kappa shape index (κ3) is 1.88. The zero-order chi connectivity index (χ0) is 19.8. The maximum Gasteiger partial charge on any atom is 0.165 e. The summed E-state index contributed by atoms with van der Waals surface area (Å²) in [4.78, 5) is 2.43. The number of ether oxygens (including phenoxy) is 2. The molecule has 154 valence electrons. The molecule has 1 aromatic rings. The first-order valence-electron chi connectivity index (χ1n) is 10.5. The van der Waals surface area contributed by atoms with Crippen LogP contribution in [0.4, 0.5) is 0 Å². The van der Waals surface area contributed by atoms with E-state index in [0.717, 1.165) is 31.6 Å². The number of methoxy groups -OCH3 is 1. The molecule has 1 unspecified atom stereocenters. The average Bonchev–Trinajstić information content (AvgIpc) is 3.06. The van der Waals surface area contributed by atoms with Crippen LogP contribution < -0.4 is 9.47 Å². The molecular weight excluding hydrogens is 358 g/mol. The molecule has 1 spiro atoms.